The highest BCUT2D eigenvalue weighted by atomic mass is 32.2. The molecule has 0 bridgehead atoms. The number of carbonyl (C=O) groups is 1. The summed E-state index contributed by atoms with van der Waals surface area (Å²) in [7, 11) is -2.14. The fourth-order valence-electron chi connectivity index (χ4n) is 3.92. The molecule has 0 saturated carbocycles. The van der Waals surface area contributed by atoms with Crippen LogP contribution in [-0.4, -0.2) is 46.8 Å². The lowest BCUT2D eigenvalue weighted by atomic mass is 10.1. The number of ether oxygens (including phenoxy) is 1. The molecule has 0 spiro atoms. The van der Waals surface area contributed by atoms with E-state index < -0.39 is 16.1 Å². The van der Waals surface area contributed by atoms with E-state index >= 15 is 0 Å². The van der Waals surface area contributed by atoms with Gasteiger partial charge in [0.2, 0.25) is 15.9 Å². The van der Waals surface area contributed by atoms with Gasteiger partial charge in [-0.25, -0.2) is 8.42 Å². The number of nitrogens with zero attached hydrogens (tertiary/aromatic N) is 2. The topological polar surface area (TPSA) is 79.0 Å². The molecule has 1 aliphatic rings. The Morgan fingerprint density at radius 2 is 1.68 bits per heavy atom. The number of anilines is 3. The Kier molecular flexibility index (Phi) is 7.43. The highest BCUT2D eigenvalue weighted by molar-refractivity contribution is 7.92. The Bertz CT molecular complexity index is 969. The molecule has 7 nitrogen and oxygen atoms in total. The van der Waals surface area contributed by atoms with Crippen LogP contribution in [0.5, 0.6) is 5.75 Å². The average Bonchev–Trinajstić information content (AvgIpc) is 2.77. The third-order valence-electron chi connectivity index (χ3n) is 5.51. The van der Waals surface area contributed by atoms with Gasteiger partial charge in [-0.2, -0.15) is 0 Å². The van der Waals surface area contributed by atoms with E-state index in [2.05, 4.69) is 10.2 Å². The van der Waals surface area contributed by atoms with Crippen LogP contribution in [0.3, 0.4) is 0 Å². The third kappa shape index (κ3) is 5.70. The minimum Gasteiger partial charge on any atom is -0.497 e. The maximum absolute atomic E-state index is 13.1. The highest BCUT2D eigenvalue weighted by Gasteiger charge is 2.31. The molecular formula is C23H31N3O4S. The van der Waals surface area contributed by atoms with Crippen LogP contribution < -0.4 is 19.3 Å². The Morgan fingerprint density at radius 3 is 2.19 bits per heavy atom. The minimum absolute atomic E-state index is 0.330. The fourth-order valence-corrected chi connectivity index (χ4v) is 5.13. The number of nitrogens with one attached hydrogen (secondary N) is 1. The molecule has 1 heterocycles. The van der Waals surface area contributed by atoms with Gasteiger partial charge in [0.15, 0.2) is 0 Å². The van der Waals surface area contributed by atoms with Gasteiger partial charge in [-0.3, -0.25) is 9.10 Å². The van der Waals surface area contributed by atoms with Crippen molar-refractivity contribution >= 4 is 33.0 Å². The number of hydrogen-bond donors (Lipinski definition) is 1. The van der Waals surface area contributed by atoms with Crippen LogP contribution in [0.15, 0.2) is 48.5 Å². The Labute approximate surface area is 185 Å². The molecule has 168 valence electrons. The van der Waals surface area contributed by atoms with Gasteiger partial charge in [-0.15, -0.1) is 0 Å². The number of hydrogen-bond acceptors (Lipinski definition) is 5. The van der Waals surface area contributed by atoms with Gasteiger partial charge in [0.25, 0.3) is 0 Å². The average molecular weight is 446 g/mol. The lowest BCUT2D eigenvalue weighted by Gasteiger charge is -2.30. The van der Waals surface area contributed by atoms with Crippen molar-refractivity contribution in [2.75, 3.05) is 41.0 Å². The van der Waals surface area contributed by atoms with Crippen LogP contribution in [0.4, 0.5) is 17.1 Å². The standard InChI is InChI=1S/C23H31N3O4S/c1-4-22(26(31(3,28)29)20-12-14-21(30-2)15-13-20)23(27)24-18-8-10-19(11-9-18)25-16-6-5-7-17-25/h8-15,22H,4-7,16-17H2,1-3H3,(H,24,27). The molecule has 0 radical (unpaired) electrons. The zero-order valence-corrected chi connectivity index (χ0v) is 19.2. The molecule has 3 rings (SSSR count). The van der Waals surface area contributed by atoms with Crippen molar-refractivity contribution < 1.29 is 17.9 Å². The van der Waals surface area contributed by atoms with Crippen molar-refractivity contribution in [3.63, 3.8) is 0 Å². The second-order valence-electron chi connectivity index (χ2n) is 7.76. The van der Waals surface area contributed by atoms with Crippen LogP contribution in [0.2, 0.25) is 0 Å². The predicted molar refractivity (Wildman–Crippen MR) is 126 cm³/mol. The summed E-state index contributed by atoms with van der Waals surface area (Å²) >= 11 is 0. The van der Waals surface area contributed by atoms with Crippen LogP contribution in [0, 0.1) is 0 Å². The second kappa shape index (κ2) is 10.0. The number of sulfonamides is 1. The number of methoxy groups -OCH3 is 1. The quantitative estimate of drug-likeness (QED) is 0.667. The largest absolute Gasteiger partial charge is 0.497 e. The molecule has 31 heavy (non-hydrogen) atoms. The summed E-state index contributed by atoms with van der Waals surface area (Å²) < 4.78 is 31.5. The molecule has 1 N–H and O–H groups in total. The molecule has 2 aromatic carbocycles. The van der Waals surface area contributed by atoms with Gasteiger partial charge in [0.05, 0.1) is 19.1 Å². The van der Waals surface area contributed by atoms with E-state index in [1.807, 2.05) is 24.3 Å². The van der Waals surface area contributed by atoms with Gasteiger partial charge in [-0.1, -0.05) is 6.92 Å². The van der Waals surface area contributed by atoms with Crippen LogP contribution in [0.25, 0.3) is 0 Å². The summed E-state index contributed by atoms with van der Waals surface area (Å²) in [5, 5.41) is 2.88. The summed E-state index contributed by atoms with van der Waals surface area (Å²) in [6.07, 6.45) is 5.11. The van der Waals surface area contributed by atoms with Crippen LogP contribution >= 0.6 is 0 Å². The van der Waals surface area contributed by atoms with E-state index in [0.717, 1.165) is 25.0 Å². The van der Waals surface area contributed by atoms with Crippen molar-refractivity contribution in [3.05, 3.63) is 48.5 Å². The zero-order chi connectivity index (χ0) is 22.4. The van der Waals surface area contributed by atoms with Crippen molar-refractivity contribution in [2.24, 2.45) is 0 Å². The SMILES string of the molecule is CCC(C(=O)Nc1ccc(N2CCCCC2)cc1)N(c1ccc(OC)cc1)S(C)(=O)=O. The number of piperidine rings is 1. The van der Waals surface area contributed by atoms with Gasteiger partial charge in [-0.05, 0) is 74.2 Å². The van der Waals surface area contributed by atoms with Gasteiger partial charge in [0.1, 0.15) is 11.8 Å². The molecule has 1 saturated heterocycles. The summed E-state index contributed by atoms with van der Waals surface area (Å²) in [4.78, 5) is 15.4. The first-order chi connectivity index (χ1) is 14.8. The number of rotatable bonds is 8. The zero-order valence-electron chi connectivity index (χ0n) is 18.4. The summed E-state index contributed by atoms with van der Waals surface area (Å²) in [5.74, 6) is 0.248. The first-order valence-corrected chi connectivity index (χ1v) is 12.5. The normalized spacial score (nSPS) is 15.3. The maximum atomic E-state index is 13.1. The third-order valence-corrected chi connectivity index (χ3v) is 6.69. The molecule has 1 atom stereocenters. The fraction of sp³-hybridized carbons (Fsp3) is 0.435. The van der Waals surface area contributed by atoms with E-state index in [4.69, 9.17) is 4.74 Å². The Hall–Kier alpha value is -2.74. The lowest BCUT2D eigenvalue weighted by molar-refractivity contribution is -0.117. The monoisotopic (exact) mass is 445 g/mol. The number of amides is 1. The molecule has 0 aliphatic carbocycles. The van der Waals surface area contributed by atoms with Crippen molar-refractivity contribution in [3.8, 4) is 5.75 Å². The predicted octanol–water partition coefficient (Wildman–Crippen LogP) is 3.87. The second-order valence-corrected chi connectivity index (χ2v) is 9.62. The molecule has 1 aliphatic heterocycles. The number of carbonyl (C=O) groups excluding carboxylic acids is 1. The summed E-state index contributed by atoms with van der Waals surface area (Å²) in [6, 6.07) is 13.5. The Balaban J connectivity index is 1.78. The van der Waals surface area contributed by atoms with Crippen LogP contribution in [0.1, 0.15) is 32.6 Å². The van der Waals surface area contributed by atoms with Crippen LogP contribution in [-0.2, 0) is 14.8 Å². The molecule has 0 aromatic heterocycles. The minimum atomic E-state index is -3.68. The summed E-state index contributed by atoms with van der Waals surface area (Å²) in [6.45, 7) is 3.90. The maximum Gasteiger partial charge on any atom is 0.248 e. The van der Waals surface area contributed by atoms with E-state index in [9.17, 15) is 13.2 Å². The first kappa shape index (κ1) is 22.9. The molecule has 1 fully saturated rings. The lowest BCUT2D eigenvalue weighted by Crippen LogP contribution is -2.47. The Morgan fingerprint density at radius 1 is 1.06 bits per heavy atom. The van der Waals surface area contributed by atoms with Crippen molar-refractivity contribution in [1.82, 2.24) is 0 Å². The van der Waals surface area contributed by atoms with E-state index in [-0.39, 0.29) is 5.91 Å². The molecule has 1 unspecified atom stereocenters. The van der Waals surface area contributed by atoms with Gasteiger partial charge >= 0.3 is 0 Å². The highest BCUT2D eigenvalue weighted by Crippen LogP contribution is 2.26. The van der Waals surface area contributed by atoms with Crippen molar-refractivity contribution in [1.29, 1.82) is 0 Å². The molecule has 2 aromatic rings. The smallest absolute Gasteiger partial charge is 0.248 e. The molecule has 8 heteroatoms. The van der Waals surface area contributed by atoms with Crippen molar-refractivity contribution in [2.45, 2.75) is 38.6 Å². The van der Waals surface area contributed by atoms with Gasteiger partial charge < -0.3 is 15.0 Å². The van der Waals surface area contributed by atoms with E-state index in [1.165, 1.54) is 23.6 Å². The first-order valence-electron chi connectivity index (χ1n) is 10.6. The van der Waals surface area contributed by atoms with E-state index in [0.29, 0.717) is 23.5 Å². The van der Waals surface area contributed by atoms with E-state index in [1.54, 1.807) is 38.3 Å². The molecule has 1 amide bonds. The van der Waals surface area contributed by atoms with Gasteiger partial charge in [0, 0.05) is 24.5 Å². The number of benzene rings is 2. The summed E-state index contributed by atoms with van der Waals surface area (Å²) in [5.41, 5.74) is 2.21. The molecular weight excluding hydrogens is 414 g/mol.